The number of nitriles is 2. The van der Waals surface area contributed by atoms with Crippen molar-refractivity contribution in [1.82, 2.24) is 0 Å². The number of nitrogens with zero attached hydrogens (tertiary/aromatic N) is 2. The van der Waals surface area contributed by atoms with Gasteiger partial charge < -0.3 is 0 Å². The fourth-order valence-corrected chi connectivity index (χ4v) is 1.90. The second kappa shape index (κ2) is 5.17. The van der Waals surface area contributed by atoms with Crippen molar-refractivity contribution in [3.8, 4) is 12.1 Å². The SMILES string of the molecule is N#CC1C=CC=CC1(C#N)C=Cc1ccccc1. The van der Waals surface area contributed by atoms with E-state index in [1.54, 1.807) is 24.3 Å². The maximum atomic E-state index is 9.38. The molecule has 0 amide bonds. The summed E-state index contributed by atoms with van der Waals surface area (Å²) >= 11 is 0. The van der Waals surface area contributed by atoms with Gasteiger partial charge in [-0.1, -0.05) is 66.8 Å². The highest BCUT2D eigenvalue weighted by atomic mass is 14.4. The highest BCUT2D eigenvalue weighted by Gasteiger charge is 2.34. The van der Waals surface area contributed by atoms with Gasteiger partial charge in [-0.25, -0.2) is 0 Å². The predicted octanol–water partition coefficient (Wildman–Crippen LogP) is 3.48. The largest absolute Gasteiger partial charge is 0.198 e. The summed E-state index contributed by atoms with van der Waals surface area (Å²) in [6.07, 6.45) is 10.8. The molecular weight excluding hydrogens is 220 g/mol. The Balaban J connectivity index is 2.33. The quantitative estimate of drug-likeness (QED) is 0.783. The van der Waals surface area contributed by atoms with Crippen LogP contribution in [0.15, 0.2) is 60.7 Å². The van der Waals surface area contributed by atoms with Gasteiger partial charge >= 0.3 is 0 Å². The van der Waals surface area contributed by atoms with E-state index in [2.05, 4.69) is 12.1 Å². The minimum Gasteiger partial charge on any atom is -0.198 e. The van der Waals surface area contributed by atoms with E-state index >= 15 is 0 Å². The fraction of sp³-hybridized carbons (Fsp3) is 0.125. The van der Waals surface area contributed by atoms with Gasteiger partial charge in [-0.05, 0) is 5.56 Å². The second-order valence-corrected chi connectivity index (χ2v) is 4.14. The van der Waals surface area contributed by atoms with Crippen LogP contribution in [-0.4, -0.2) is 0 Å². The lowest BCUT2D eigenvalue weighted by molar-refractivity contribution is 0.546. The number of hydrogen-bond donors (Lipinski definition) is 0. The van der Waals surface area contributed by atoms with Crippen LogP contribution in [0.1, 0.15) is 5.56 Å². The van der Waals surface area contributed by atoms with Crippen LogP contribution >= 0.6 is 0 Å². The van der Waals surface area contributed by atoms with Gasteiger partial charge in [0, 0.05) is 0 Å². The van der Waals surface area contributed by atoms with Crippen molar-refractivity contribution < 1.29 is 0 Å². The summed E-state index contributed by atoms with van der Waals surface area (Å²) in [5, 5.41) is 18.5. The predicted molar refractivity (Wildman–Crippen MR) is 70.9 cm³/mol. The Labute approximate surface area is 107 Å². The molecule has 1 aliphatic rings. The number of allylic oxidation sites excluding steroid dienone is 5. The zero-order valence-corrected chi connectivity index (χ0v) is 9.82. The van der Waals surface area contributed by atoms with Crippen molar-refractivity contribution in [3.63, 3.8) is 0 Å². The molecule has 0 aliphatic heterocycles. The average Bonchev–Trinajstić information content (AvgIpc) is 2.46. The van der Waals surface area contributed by atoms with Crippen molar-refractivity contribution in [3.05, 3.63) is 66.3 Å². The van der Waals surface area contributed by atoms with Crippen LogP contribution in [0.5, 0.6) is 0 Å². The number of hydrogen-bond acceptors (Lipinski definition) is 2. The van der Waals surface area contributed by atoms with Gasteiger partial charge in [-0.3, -0.25) is 0 Å². The summed E-state index contributed by atoms with van der Waals surface area (Å²) in [6, 6.07) is 14.2. The molecule has 0 fully saturated rings. The van der Waals surface area contributed by atoms with E-state index in [4.69, 9.17) is 5.26 Å². The Morgan fingerprint density at radius 3 is 2.56 bits per heavy atom. The van der Waals surface area contributed by atoms with E-state index in [0.29, 0.717) is 0 Å². The molecule has 0 spiro atoms. The number of benzene rings is 1. The molecule has 2 nitrogen and oxygen atoms in total. The summed E-state index contributed by atoms with van der Waals surface area (Å²) in [6.45, 7) is 0. The van der Waals surface area contributed by atoms with E-state index in [1.807, 2.05) is 42.5 Å². The lowest BCUT2D eigenvalue weighted by Gasteiger charge is -2.24. The summed E-state index contributed by atoms with van der Waals surface area (Å²) < 4.78 is 0. The third-order valence-corrected chi connectivity index (χ3v) is 2.99. The van der Waals surface area contributed by atoms with Crippen molar-refractivity contribution in [2.45, 2.75) is 0 Å². The van der Waals surface area contributed by atoms with E-state index in [-0.39, 0.29) is 0 Å². The first-order valence-corrected chi connectivity index (χ1v) is 5.72. The Kier molecular flexibility index (Phi) is 3.41. The third kappa shape index (κ3) is 2.24. The first kappa shape index (κ1) is 11.9. The Hall–Kier alpha value is -2.58. The van der Waals surface area contributed by atoms with E-state index in [0.717, 1.165) is 5.56 Å². The molecule has 2 unspecified atom stereocenters. The first-order chi connectivity index (χ1) is 8.80. The molecule has 0 saturated carbocycles. The molecule has 0 N–H and O–H groups in total. The Morgan fingerprint density at radius 1 is 1.11 bits per heavy atom. The van der Waals surface area contributed by atoms with Gasteiger partial charge in [0.05, 0.1) is 18.1 Å². The van der Waals surface area contributed by atoms with Crippen LogP contribution < -0.4 is 0 Å². The number of rotatable bonds is 2. The van der Waals surface area contributed by atoms with E-state index in [9.17, 15) is 5.26 Å². The second-order valence-electron chi connectivity index (χ2n) is 4.14. The molecule has 0 radical (unpaired) electrons. The minimum atomic E-state index is -0.862. The molecule has 1 aromatic rings. The molecule has 0 bridgehead atoms. The summed E-state index contributed by atoms with van der Waals surface area (Å²) in [5.41, 5.74) is 0.158. The lowest BCUT2D eigenvalue weighted by atomic mass is 9.74. The zero-order chi connectivity index (χ0) is 12.8. The lowest BCUT2D eigenvalue weighted by Crippen LogP contribution is -2.23. The first-order valence-electron chi connectivity index (χ1n) is 5.72. The highest BCUT2D eigenvalue weighted by Crippen LogP contribution is 2.34. The molecule has 0 aromatic heterocycles. The van der Waals surface area contributed by atoms with Gasteiger partial charge in [-0.2, -0.15) is 10.5 Å². The van der Waals surface area contributed by atoms with Crippen LogP contribution in [0.25, 0.3) is 6.08 Å². The Morgan fingerprint density at radius 2 is 1.89 bits per heavy atom. The maximum Gasteiger partial charge on any atom is 0.113 e. The molecule has 0 saturated heterocycles. The van der Waals surface area contributed by atoms with Gasteiger partial charge in [0.25, 0.3) is 0 Å². The third-order valence-electron chi connectivity index (χ3n) is 2.99. The van der Waals surface area contributed by atoms with Gasteiger partial charge in [0.15, 0.2) is 0 Å². The van der Waals surface area contributed by atoms with Crippen LogP contribution in [0.2, 0.25) is 0 Å². The molecular formula is C16H12N2. The monoisotopic (exact) mass is 232 g/mol. The highest BCUT2D eigenvalue weighted by molar-refractivity contribution is 5.53. The summed E-state index contributed by atoms with van der Waals surface area (Å²) in [5.74, 6) is -0.438. The topological polar surface area (TPSA) is 47.6 Å². The molecule has 0 heterocycles. The van der Waals surface area contributed by atoms with Crippen molar-refractivity contribution in [2.75, 3.05) is 0 Å². The zero-order valence-electron chi connectivity index (χ0n) is 9.82. The van der Waals surface area contributed by atoms with Gasteiger partial charge in [-0.15, -0.1) is 0 Å². The summed E-state index contributed by atoms with van der Waals surface area (Å²) in [7, 11) is 0. The molecule has 2 rings (SSSR count). The normalized spacial score (nSPS) is 25.8. The van der Waals surface area contributed by atoms with Crippen LogP contribution in [0, 0.1) is 34.0 Å². The fourth-order valence-electron chi connectivity index (χ4n) is 1.90. The Bertz CT molecular complexity index is 582. The minimum absolute atomic E-state index is 0.438. The molecule has 18 heavy (non-hydrogen) atoms. The van der Waals surface area contributed by atoms with E-state index in [1.165, 1.54) is 0 Å². The maximum absolute atomic E-state index is 9.38. The standard InChI is InChI=1S/C16H12N2/c17-12-15-8-4-5-10-16(15,13-18)11-9-14-6-2-1-3-7-14/h1-11,15H. The summed E-state index contributed by atoms with van der Waals surface area (Å²) in [4.78, 5) is 0. The van der Waals surface area contributed by atoms with E-state index < -0.39 is 11.3 Å². The van der Waals surface area contributed by atoms with Gasteiger partial charge in [0.2, 0.25) is 0 Å². The van der Waals surface area contributed by atoms with Crippen molar-refractivity contribution in [2.24, 2.45) is 11.3 Å². The van der Waals surface area contributed by atoms with Crippen LogP contribution in [-0.2, 0) is 0 Å². The van der Waals surface area contributed by atoms with Gasteiger partial charge in [0.1, 0.15) is 5.41 Å². The smallest absolute Gasteiger partial charge is 0.113 e. The average molecular weight is 232 g/mol. The van der Waals surface area contributed by atoms with Crippen LogP contribution in [0.4, 0.5) is 0 Å². The molecule has 1 aliphatic carbocycles. The van der Waals surface area contributed by atoms with Crippen molar-refractivity contribution in [1.29, 1.82) is 10.5 Å². The molecule has 86 valence electrons. The van der Waals surface area contributed by atoms with Crippen LogP contribution in [0.3, 0.4) is 0 Å². The molecule has 1 aromatic carbocycles. The molecule has 2 atom stereocenters. The molecule has 2 heteroatoms. The van der Waals surface area contributed by atoms with Crippen molar-refractivity contribution >= 4 is 6.08 Å².